The van der Waals surface area contributed by atoms with Crippen molar-refractivity contribution in [1.29, 1.82) is 0 Å². The van der Waals surface area contributed by atoms with Crippen LogP contribution in [0.25, 0.3) is 0 Å². The van der Waals surface area contributed by atoms with Gasteiger partial charge in [-0.15, -0.1) is 12.4 Å². The average Bonchev–Trinajstić information content (AvgIpc) is 2.40. The maximum Gasteiger partial charge on any atom is 0.119 e. The molecule has 0 aromatic heterocycles. The van der Waals surface area contributed by atoms with Crippen LogP contribution >= 0.6 is 12.4 Å². The lowest BCUT2D eigenvalue weighted by Gasteiger charge is -2.22. The first-order valence-corrected chi connectivity index (χ1v) is 7.19. The number of piperidine rings is 1. The van der Waals surface area contributed by atoms with Crippen LogP contribution in [-0.4, -0.2) is 19.7 Å². The predicted octanol–water partition coefficient (Wildman–Crippen LogP) is 4.00. The molecule has 1 aromatic rings. The molecule has 1 N–H and O–H groups in total. The molecule has 1 aliphatic rings. The van der Waals surface area contributed by atoms with Crippen molar-refractivity contribution in [2.75, 3.05) is 19.7 Å². The smallest absolute Gasteiger partial charge is 0.119 e. The molecule has 2 rings (SSSR count). The van der Waals surface area contributed by atoms with E-state index in [1.54, 1.807) is 0 Å². The molecule has 1 heterocycles. The van der Waals surface area contributed by atoms with E-state index in [0.717, 1.165) is 24.8 Å². The van der Waals surface area contributed by atoms with Gasteiger partial charge in [0.1, 0.15) is 5.75 Å². The fourth-order valence-electron chi connectivity index (χ4n) is 2.46. The summed E-state index contributed by atoms with van der Waals surface area (Å²) in [5, 5.41) is 3.45. The van der Waals surface area contributed by atoms with E-state index in [2.05, 4.69) is 43.4 Å². The van der Waals surface area contributed by atoms with Crippen molar-refractivity contribution in [3.8, 4) is 5.75 Å². The van der Waals surface area contributed by atoms with Gasteiger partial charge in [0.25, 0.3) is 0 Å². The Morgan fingerprint density at radius 1 is 1.26 bits per heavy atom. The third-order valence-corrected chi connectivity index (χ3v) is 3.74. The van der Waals surface area contributed by atoms with Crippen molar-refractivity contribution < 1.29 is 4.74 Å². The summed E-state index contributed by atoms with van der Waals surface area (Å²) < 4.78 is 5.82. The van der Waals surface area contributed by atoms with Crippen LogP contribution in [0.15, 0.2) is 24.3 Å². The second kappa shape index (κ2) is 8.44. The zero-order chi connectivity index (χ0) is 12.8. The minimum atomic E-state index is 0. The minimum Gasteiger partial charge on any atom is -0.494 e. The van der Waals surface area contributed by atoms with Crippen LogP contribution < -0.4 is 10.1 Å². The van der Waals surface area contributed by atoms with Gasteiger partial charge in [0.15, 0.2) is 0 Å². The molecule has 108 valence electrons. The molecule has 1 unspecified atom stereocenters. The zero-order valence-corrected chi connectivity index (χ0v) is 12.8. The molecule has 1 atom stereocenters. The lowest BCUT2D eigenvalue weighted by atomic mass is 9.97. The van der Waals surface area contributed by atoms with Gasteiger partial charge in [-0.2, -0.15) is 0 Å². The molecule has 0 aliphatic carbocycles. The normalized spacial score (nSPS) is 19.0. The number of hydrogen-bond acceptors (Lipinski definition) is 2. The van der Waals surface area contributed by atoms with Gasteiger partial charge in [0.05, 0.1) is 6.61 Å². The molecule has 3 heteroatoms. The van der Waals surface area contributed by atoms with E-state index in [4.69, 9.17) is 4.74 Å². The average molecular weight is 284 g/mol. The third kappa shape index (κ3) is 5.42. The van der Waals surface area contributed by atoms with Crippen LogP contribution in [0.1, 0.15) is 44.6 Å². The zero-order valence-electron chi connectivity index (χ0n) is 12.0. The van der Waals surface area contributed by atoms with Gasteiger partial charge in [0.2, 0.25) is 0 Å². The number of rotatable bonds is 5. The van der Waals surface area contributed by atoms with E-state index in [1.807, 2.05) is 0 Å². The first kappa shape index (κ1) is 16.3. The van der Waals surface area contributed by atoms with E-state index >= 15 is 0 Å². The number of halogens is 1. The summed E-state index contributed by atoms with van der Waals surface area (Å²) in [5.74, 6) is 2.39. The highest BCUT2D eigenvalue weighted by atomic mass is 35.5. The number of ether oxygens (including phenoxy) is 1. The molecule has 0 radical (unpaired) electrons. The van der Waals surface area contributed by atoms with Crippen molar-refractivity contribution in [1.82, 2.24) is 5.32 Å². The molecule has 1 saturated heterocycles. The van der Waals surface area contributed by atoms with Crippen molar-refractivity contribution in [2.24, 2.45) is 5.92 Å². The molecule has 0 bridgehead atoms. The largest absolute Gasteiger partial charge is 0.494 e. The summed E-state index contributed by atoms with van der Waals surface area (Å²) >= 11 is 0. The molecular weight excluding hydrogens is 258 g/mol. The van der Waals surface area contributed by atoms with Gasteiger partial charge in [-0.3, -0.25) is 0 Å². The predicted molar refractivity (Wildman–Crippen MR) is 83.5 cm³/mol. The minimum absolute atomic E-state index is 0. The van der Waals surface area contributed by atoms with Crippen LogP contribution in [0.3, 0.4) is 0 Å². The monoisotopic (exact) mass is 283 g/mol. The number of benzene rings is 1. The SMILES string of the molecule is CC(C)c1ccc(OCCC2CCCNC2)cc1.Cl. The molecule has 1 fully saturated rings. The van der Waals surface area contributed by atoms with Gasteiger partial charge >= 0.3 is 0 Å². The molecule has 0 spiro atoms. The summed E-state index contributed by atoms with van der Waals surface area (Å²) in [5.41, 5.74) is 1.37. The quantitative estimate of drug-likeness (QED) is 0.882. The first-order chi connectivity index (χ1) is 8.75. The maximum atomic E-state index is 5.82. The van der Waals surface area contributed by atoms with E-state index < -0.39 is 0 Å². The molecule has 1 aromatic carbocycles. The van der Waals surface area contributed by atoms with E-state index in [9.17, 15) is 0 Å². The van der Waals surface area contributed by atoms with Gasteiger partial charge in [-0.1, -0.05) is 26.0 Å². The van der Waals surface area contributed by atoms with Gasteiger partial charge in [-0.05, 0) is 61.9 Å². The van der Waals surface area contributed by atoms with E-state index in [0.29, 0.717) is 5.92 Å². The Kier molecular flexibility index (Phi) is 7.25. The summed E-state index contributed by atoms with van der Waals surface area (Å²) in [4.78, 5) is 0. The van der Waals surface area contributed by atoms with Crippen molar-refractivity contribution >= 4 is 12.4 Å². The van der Waals surface area contributed by atoms with Crippen molar-refractivity contribution in [3.05, 3.63) is 29.8 Å². The standard InChI is InChI=1S/C16H25NO.ClH/c1-13(2)15-5-7-16(8-6-15)18-11-9-14-4-3-10-17-12-14;/h5-8,13-14,17H,3-4,9-12H2,1-2H3;1H. The fourth-order valence-corrected chi connectivity index (χ4v) is 2.46. The number of hydrogen-bond donors (Lipinski definition) is 1. The van der Waals surface area contributed by atoms with Gasteiger partial charge in [-0.25, -0.2) is 0 Å². The maximum absolute atomic E-state index is 5.82. The highest BCUT2D eigenvalue weighted by Gasteiger charge is 2.12. The Labute approximate surface area is 123 Å². The summed E-state index contributed by atoms with van der Waals surface area (Å²) in [6, 6.07) is 8.52. The summed E-state index contributed by atoms with van der Waals surface area (Å²) in [6.45, 7) is 7.62. The Balaban J connectivity index is 0.00000180. The fraction of sp³-hybridized carbons (Fsp3) is 0.625. The summed E-state index contributed by atoms with van der Waals surface area (Å²) in [6.07, 6.45) is 3.83. The van der Waals surface area contributed by atoms with Crippen molar-refractivity contribution in [2.45, 2.75) is 39.0 Å². The lowest BCUT2D eigenvalue weighted by molar-refractivity contribution is 0.254. The van der Waals surface area contributed by atoms with E-state index in [-0.39, 0.29) is 12.4 Å². The van der Waals surface area contributed by atoms with Gasteiger partial charge in [0, 0.05) is 0 Å². The van der Waals surface area contributed by atoms with Crippen LogP contribution in [0.2, 0.25) is 0 Å². The Bertz CT molecular complexity index is 344. The van der Waals surface area contributed by atoms with Crippen LogP contribution in [0, 0.1) is 5.92 Å². The lowest BCUT2D eigenvalue weighted by Crippen LogP contribution is -2.30. The van der Waals surface area contributed by atoms with Crippen molar-refractivity contribution in [3.63, 3.8) is 0 Å². The Morgan fingerprint density at radius 3 is 2.58 bits per heavy atom. The number of nitrogens with one attached hydrogen (secondary N) is 1. The van der Waals surface area contributed by atoms with Crippen LogP contribution in [-0.2, 0) is 0 Å². The topological polar surface area (TPSA) is 21.3 Å². The Hall–Kier alpha value is -0.730. The van der Waals surface area contributed by atoms with Crippen LogP contribution in [0.5, 0.6) is 5.75 Å². The van der Waals surface area contributed by atoms with Crippen LogP contribution in [0.4, 0.5) is 0 Å². The highest BCUT2D eigenvalue weighted by Crippen LogP contribution is 2.19. The highest BCUT2D eigenvalue weighted by molar-refractivity contribution is 5.85. The molecule has 19 heavy (non-hydrogen) atoms. The van der Waals surface area contributed by atoms with Gasteiger partial charge < -0.3 is 10.1 Å². The second-order valence-corrected chi connectivity index (χ2v) is 5.57. The molecule has 1 aliphatic heterocycles. The molecule has 0 saturated carbocycles. The Morgan fingerprint density at radius 2 is 2.00 bits per heavy atom. The third-order valence-electron chi connectivity index (χ3n) is 3.74. The second-order valence-electron chi connectivity index (χ2n) is 5.57. The molecule has 2 nitrogen and oxygen atoms in total. The van der Waals surface area contributed by atoms with E-state index in [1.165, 1.54) is 31.4 Å². The molecular formula is C16H26ClNO. The molecule has 0 amide bonds. The first-order valence-electron chi connectivity index (χ1n) is 7.19. The summed E-state index contributed by atoms with van der Waals surface area (Å²) in [7, 11) is 0.